The standard InChI is InChI=1S/C10H9FN4O3/c1-14-10(12)7(4-13-14)6-2-5(15(17)18)3-8(11)9(6)16/h2-4,16H,12H2,1H3. The predicted octanol–water partition coefficient (Wildman–Crippen LogP) is 1.42. The Bertz CT molecular complexity index is 638. The van der Waals surface area contributed by atoms with Crippen LogP contribution >= 0.6 is 0 Å². The van der Waals surface area contributed by atoms with Gasteiger partial charge in [0.25, 0.3) is 5.69 Å². The van der Waals surface area contributed by atoms with Crippen molar-refractivity contribution in [2.24, 2.45) is 7.05 Å². The van der Waals surface area contributed by atoms with Crippen LogP contribution in [-0.2, 0) is 7.05 Å². The van der Waals surface area contributed by atoms with Gasteiger partial charge < -0.3 is 10.8 Å². The van der Waals surface area contributed by atoms with Crippen molar-refractivity contribution >= 4 is 11.5 Å². The van der Waals surface area contributed by atoms with Gasteiger partial charge >= 0.3 is 0 Å². The summed E-state index contributed by atoms with van der Waals surface area (Å²) in [5, 5.41) is 24.1. The molecule has 0 saturated carbocycles. The van der Waals surface area contributed by atoms with E-state index in [2.05, 4.69) is 5.10 Å². The van der Waals surface area contributed by atoms with Crippen LogP contribution in [0.1, 0.15) is 0 Å². The van der Waals surface area contributed by atoms with Gasteiger partial charge in [-0.1, -0.05) is 0 Å². The Hall–Kier alpha value is -2.64. The van der Waals surface area contributed by atoms with Crippen molar-refractivity contribution in [3.63, 3.8) is 0 Å². The molecule has 0 aliphatic rings. The van der Waals surface area contributed by atoms with E-state index in [0.717, 1.165) is 6.07 Å². The molecule has 0 amide bonds. The first-order valence-electron chi connectivity index (χ1n) is 4.86. The molecule has 0 spiro atoms. The van der Waals surface area contributed by atoms with Gasteiger partial charge in [-0.25, -0.2) is 4.39 Å². The van der Waals surface area contributed by atoms with E-state index in [1.165, 1.54) is 10.9 Å². The summed E-state index contributed by atoms with van der Waals surface area (Å²) in [4.78, 5) is 9.89. The van der Waals surface area contributed by atoms with Crippen molar-refractivity contribution in [3.05, 3.63) is 34.3 Å². The summed E-state index contributed by atoms with van der Waals surface area (Å²) in [6, 6.07) is 1.69. The molecular formula is C10H9FN4O3. The lowest BCUT2D eigenvalue weighted by molar-refractivity contribution is -0.385. The number of phenols is 1. The van der Waals surface area contributed by atoms with Gasteiger partial charge in [0, 0.05) is 24.2 Å². The van der Waals surface area contributed by atoms with Crippen LogP contribution in [0.2, 0.25) is 0 Å². The molecule has 1 aromatic carbocycles. The van der Waals surface area contributed by atoms with Gasteiger partial charge in [0.05, 0.1) is 17.2 Å². The molecule has 2 rings (SSSR count). The van der Waals surface area contributed by atoms with Gasteiger partial charge in [0.15, 0.2) is 11.6 Å². The van der Waals surface area contributed by atoms with Crippen LogP contribution in [0, 0.1) is 15.9 Å². The number of hydrogen-bond donors (Lipinski definition) is 2. The number of aromatic hydroxyl groups is 1. The molecular weight excluding hydrogens is 243 g/mol. The van der Waals surface area contributed by atoms with Crippen molar-refractivity contribution in [2.75, 3.05) is 5.73 Å². The number of nitro groups is 1. The highest BCUT2D eigenvalue weighted by Gasteiger charge is 2.20. The normalized spacial score (nSPS) is 10.6. The van der Waals surface area contributed by atoms with Crippen molar-refractivity contribution in [2.45, 2.75) is 0 Å². The number of rotatable bonds is 2. The molecule has 7 nitrogen and oxygen atoms in total. The predicted molar refractivity (Wildman–Crippen MR) is 61.3 cm³/mol. The molecule has 8 heteroatoms. The summed E-state index contributed by atoms with van der Waals surface area (Å²) < 4.78 is 14.7. The lowest BCUT2D eigenvalue weighted by Crippen LogP contribution is -1.98. The maximum absolute atomic E-state index is 13.4. The number of aromatic nitrogens is 2. The van der Waals surface area contributed by atoms with Crippen molar-refractivity contribution in [1.82, 2.24) is 9.78 Å². The molecule has 0 atom stereocenters. The first-order chi connectivity index (χ1) is 8.41. The number of hydrogen-bond acceptors (Lipinski definition) is 5. The fraction of sp³-hybridized carbons (Fsp3) is 0.100. The molecule has 3 N–H and O–H groups in total. The molecule has 0 radical (unpaired) electrons. The summed E-state index contributed by atoms with van der Waals surface area (Å²) >= 11 is 0. The number of non-ortho nitro benzene ring substituents is 1. The Balaban J connectivity index is 2.70. The Morgan fingerprint density at radius 3 is 2.67 bits per heavy atom. The molecule has 18 heavy (non-hydrogen) atoms. The lowest BCUT2D eigenvalue weighted by atomic mass is 10.1. The van der Waals surface area contributed by atoms with Crippen LogP contribution in [0.25, 0.3) is 11.1 Å². The van der Waals surface area contributed by atoms with Crippen LogP contribution < -0.4 is 5.73 Å². The second-order valence-electron chi connectivity index (χ2n) is 3.65. The van der Waals surface area contributed by atoms with Gasteiger partial charge in [0.1, 0.15) is 5.82 Å². The molecule has 2 aromatic rings. The Morgan fingerprint density at radius 2 is 2.17 bits per heavy atom. The number of anilines is 1. The highest BCUT2D eigenvalue weighted by molar-refractivity contribution is 5.79. The van der Waals surface area contributed by atoms with Gasteiger partial charge in [-0.15, -0.1) is 0 Å². The van der Waals surface area contributed by atoms with Crippen molar-refractivity contribution in [1.29, 1.82) is 0 Å². The molecule has 1 aromatic heterocycles. The van der Waals surface area contributed by atoms with E-state index in [0.29, 0.717) is 6.07 Å². The molecule has 0 unspecified atom stereocenters. The number of aryl methyl sites for hydroxylation is 1. The third-order valence-corrected chi connectivity index (χ3v) is 2.53. The van der Waals surface area contributed by atoms with E-state index in [1.54, 1.807) is 7.05 Å². The van der Waals surface area contributed by atoms with E-state index >= 15 is 0 Å². The SMILES string of the molecule is Cn1ncc(-c2cc([N+](=O)[O-])cc(F)c2O)c1N. The van der Waals surface area contributed by atoms with E-state index in [9.17, 15) is 19.6 Å². The number of nitrogens with two attached hydrogens (primary N) is 1. The van der Waals surface area contributed by atoms with Crippen molar-refractivity contribution in [3.8, 4) is 16.9 Å². The third kappa shape index (κ3) is 1.73. The van der Waals surface area contributed by atoms with Crippen LogP contribution in [-0.4, -0.2) is 19.8 Å². The highest BCUT2D eigenvalue weighted by Crippen LogP contribution is 2.37. The molecule has 0 aliphatic carbocycles. The maximum atomic E-state index is 13.4. The molecule has 0 fully saturated rings. The first kappa shape index (κ1) is 11.8. The lowest BCUT2D eigenvalue weighted by Gasteiger charge is -2.05. The largest absolute Gasteiger partial charge is 0.504 e. The smallest absolute Gasteiger partial charge is 0.273 e. The zero-order chi connectivity index (χ0) is 13.4. The van der Waals surface area contributed by atoms with Crippen LogP contribution in [0.15, 0.2) is 18.3 Å². The van der Waals surface area contributed by atoms with Gasteiger partial charge in [-0.05, 0) is 0 Å². The molecule has 0 saturated heterocycles. The topological polar surface area (TPSA) is 107 Å². The average Bonchev–Trinajstić information content (AvgIpc) is 2.63. The van der Waals surface area contributed by atoms with Crippen LogP contribution in [0.5, 0.6) is 5.75 Å². The second-order valence-corrected chi connectivity index (χ2v) is 3.65. The molecule has 0 aliphatic heterocycles. The number of benzene rings is 1. The van der Waals surface area contributed by atoms with Gasteiger partial charge in [0.2, 0.25) is 0 Å². The maximum Gasteiger partial charge on any atom is 0.273 e. The third-order valence-electron chi connectivity index (χ3n) is 2.53. The number of halogens is 1. The van der Waals surface area contributed by atoms with Crippen LogP contribution in [0.4, 0.5) is 15.9 Å². The quantitative estimate of drug-likeness (QED) is 0.620. The monoisotopic (exact) mass is 252 g/mol. The summed E-state index contributed by atoms with van der Waals surface area (Å²) in [6.07, 6.45) is 1.30. The van der Waals surface area contributed by atoms with E-state index in [-0.39, 0.29) is 16.9 Å². The summed E-state index contributed by atoms with van der Waals surface area (Å²) in [6.45, 7) is 0. The fourth-order valence-electron chi connectivity index (χ4n) is 1.55. The Kier molecular flexibility index (Phi) is 2.62. The van der Waals surface area contributed by atoms with Crippen LogP contribution in [0.3, 0.4) is 0 Å². The number of nitrogen functional groups attached to an aromatic ring is 1. The van der Waals surface area contributed by atoms with Gasteiger partial charge in [-0.3, -0.25) is 14.8 Å². The number of nitro benzene ring substituents is 1. The molecule has 94 valence electrons. The summed E-state index contributed by atoms with van der Waals surface area (Å²) in [7, 11) is 1.56. The number of nitrogens with zero attached hydrogens (tertiary/aromatic N) is 3. The zero-order valence-electron chi connectivity index (χ0n) is 9.29. The molecule has 0 bridgehead atoms. The average molecular weight is 252 g/mol. The Morgan fingerprint density at radius 1 is 1.50 bits per heavy atom. The van der Waals surface area contributed by atoms with E-state index in [4.69, 9.17) is 5.73 Å². The molecule has 1 heterocycles. The fourth-order valence-corrected chi connectivity index (χ4v) is 1.55. The summed E-state index contributed by atoms with van der Waals surface area (Å²) in [5.74, 6) is -1.60. The minimum Gasteiger partial charge on any atom is -0.504 e. The minimum atomic E-state index is -1.08. The highest BCUT2D eigenvalue weighted by atomic mass is 19.1. The zero-order valence-corrected chi connectivity index (χ0v) is 9.29. The summed E-state index contributed by atoms with van der Waals surface area (Å²) in [5.41, 5.74) is 5.38. The van der Waals surface area contributed by atoms with Crippen molar-refractivity contribution < 1.29 is 14.4 Å². The number of phenolic OH excluding ortho intramolecular Hbond substituents is 1. The van der Waals surface area contributed by atoms with Gasteiger partial charge in [-0.2, -0.15) is 5.10 Å². The second kappa shape index (κ2) is 3.99. The Labute approximate surface area is 100 Å². The van der Waals surface area contributed by atoms with E-state index in [1.807, 2.05) is 0 Å². The van der Waals surface area contributed by atoms with E-state index < -0.39 is 22.2 Å². The first-order valence-corrected chi connectivity index (χ1v) is 4.86. The minimum absolute atomic E-state index is 0.0627.